The Bertz CT molecular complexity index is 847. The number of urea groups is 1. The molecule has 0 radical (unpaired) electrons. The van der Waals surface area contributed by atoms with Gasteiger partial charge in [0.1, 0.15) is 0 Å². The molecular formula is C20H24N4O7. The van der Waals surface area contributed by atoms with Gasteiger partial charge in [-0.15, -0.1) is 0 Å². The number of ether oxygens (including phenoxy) is 2. The number of carbonyl (C=O) groups excluding carboxylic acids is 5. The van der Waals surface area contributed by atoms with E-state index in [2.05, 4.69) is 5.32 Å². The topological polar surface area (TPSA) is 126 Å². The maximum Gasteiger partial charge on any atom is 0.409 e. The number of rotatable bonds is 6. The highest BCUT2D eigenvalue weighted by atomic mass is 16.6. The van der Waals surface area contributed by atoms with Crippen LogP contribution in [0.2, 0.25) is 0 Å². The lowest BCUT2D eigenvalue weighted by Crippen LogP contribution is -2.51. The molecule has 2 fully saturated rings. The van der Waals surface area contributed by atoms with E-state index >= 15 is 0 Å². The number of nitrogens with zero attached hydrogens (tertiary/aromatic N) is 3. The predicted octanol–water partition coefficient (Wildman–Crippen LogP) is 0.196. The molecule has 3 rings (SSSR count). The number of carbonyl (C=O) groups is 5. The predicted molar refractivity (Wildman–Crippen MR) is 106 cm³/mol. The van der Waals surface area contributed by atoms with Crippen molar-refractivity contribution >= 4 is 29.9 Å². The number of amides is 5. The van der Waals surface area contributed by atoms with Crippen molar-refractivity contribution in [2.75, 3.05) is 45.9 Å². The van der Waals surface area contributed by atoms with Gasteiger partial charge in [-0.3, -0.25) is 14.5 Å². The summed E-state index contributed by atoms with van der Waals surface area (Å²) in [6.45, 7) is 3.11. The maximum absolute atomic E-state index is 12.3. The van der Waals surface area contributed by atoms with Crippen LogP contribution in [-0.4, -0.2) is 90.5 Å². The number of nitrogens with one attached hydrogen (secondary N) is 1. The fourth-order valence-electron chi connectivity index (χ4n) is 3.20. The summed E-state index contributed by atoms with van der Waals surface area (Å²) in [5.74, 6) is -1.30. The number of benzene rings is 1. The van der Waals surface area contributed by atoms with Crippen molar-refractivity contribution in [2.24, 2.45) is 0 Å². The lowest BCUT2D eigenvalue weighted by atomic mass is 10.1. The molecule has 1 N–H and O–H groups in total. The highest BCUT2D eigenvalue weighted by Crippen LogP contribution is 2.12. The summed E-state index contributed by atoms with van der Waals surface area (Å²) in [6.07, 6.45) is -0.404. The van der Waals surface area contributed by atoms with Crippen LogP contribution in [0.4, 0.5) is 9.59 Å². The normalized spacial score (nSPS) is 16.2. The number of imide groups is 1. The van der Waals surface area contributed by atoms with Gasteiger partial charge in [0.2, 0.25) is 5.91 Å². The molecule has 2 saturated heterocycles. The van der Waals surface area contributed by atoms with Crippen molar-refractivity contribution in [3.63, 3.8) is 0 Å². The van der Waals surface area contributed by atoms with Gasteiger partial charge in [0, 0.05) is 26.2 Å². The van der Waals surface area contributed by atoms with Gasteiger partial charge in [0.15, 0.2) is 6.61 Å². The van der Waals surface area contributed by atoms with Crippen molar-refractivity contribution in [3.8, 4) is 0 Å². The van der Waals surface area contributed by atoms with Gasteiger partial charge in [-0.1, -0.05) is 12.1 Å². The van der Waals surface area contributed by atoms with Crippen LogP contribution in [0.25, 0.3) is 0 Å². The standard InChI is InChI=1S/C20H24N4O7/c1-2-30-20(29)23-9-7-22(8-10-23)17(26)13-31-18(27)15-5-3-14(4-6-15)12-24-16(25)11-21-19(24)28/h3-6H,2,7-13H2,1H3,(H,21,28). The molecule has 0 unspecified atom stereocenters. The van der Waals surface area contributed by atoms with Crippen LogP contribution in [0.3, 0.4) is 0 Å². The molecule has 2 aliphatic rings. The molecule has 1 aromatic rings. The summed E-state index contributed by atoms with van der Waals surface area (Å²) >= 11 is 0. The largest absolute Gasteiger partial charge is 0.452 e. The molecule has 11 nitrogen and oxygen atoms in total. The van der Waals surface area contributed by atoms with E-state index in [1.165, 1.54) is 21.9 Å². The highest BCUT2D eigenvalue weighted by molar-refractivity contribution is 6.01. The minimum atomic E-state index is -0.653. The average Bonchev–Trinajstić information content (AvgIpc) is 3.10. The average molecular weight is 432 g/mol. The SMILES string of the molecule is CCOC(=O)N1CCN(C(=O)COC(=O)c2ccc(CN3C(=O)CNC3=O)cc2)CC1. The summed E-state index contributed by atoms with van der Waals surface area (Å²) < 4.78 is 10.0. The number of piperazine rings is 1. The molecule has 2 heterocycles. The summed E-state index contributed by atoms with van der Waals surface area (Å²) in [7, 11) is 0. The Hall–Kier alpha value is -3.63. The van der Waals surface area contributed by atoms with Crippen LogP contribution in [0.15, 0.2) is 24.3 Å². The Morgan fingerprint density at radius 3 is 2.19 bits per heavy atom. The molecule has 166 valence electrons. The van der Waals surface area contributed by atoms with Crippen molar-refractivity contribution in [1.29, 1.82) is 0 Å². The molecule has 11 heteroatoms. The summed E-state index contributed by atoms with van der Waals surface area (Å²) in [6, 6.07) is 5.81. The second kappa shape index (κ2) is 9.92. The zero-order valence-electron chi connectivity index (χ0n) is 17.2. The first-order valence-electron chi connectivity index (χ1n) is 9.92. The molecule has 0 saturated carbocycles. The molecule has 1 aromatic carbocycles. The quantitative estimate of drug-likeness (QED) is 0.503. The molecule has 0 aromatic heterocycles. The molecular weight excluding hydrogens is 408 g/mol. The first-order chi connectivity index (χ1) is 14.9. The zero-order chi connectivity index (χ0) is 22.4. The van der Waals surface area contributed by atoms with Gasteiger partial charge >= 0.3 is 18.1 Å². The molecule has 2 aliphatic heterocycles. The van der Waals surface area contributed by atoms with E-state index in [1.54, 1.807) is 19.1 Å². The minimum absolute atomic E-state index is 0.0187. The van der Waals surface area contributed by atoms with Crippen molar-refractivity contribution in [1.82, 2.24) is 20.0 Å². The van der Waals surface area contributed by atoms with E-state index in [4.69, 9.17) is 9.47 Å². The lowest BCUT2D eigenvalue weighted by Gasteiger charge is -2.33. The first-order valence-corrected chi connectivity index (χ1v) is 9.92. The van der Waals surface area contributed by atoms with Crippen LogP contribution in [0.5, 0.6) is 0 Å². The van der Waals surface area contributed by atoms with Crippen molar-refractivity contribution in [3.05, 3.63) is 35.4 Å². The second-order valence-corrected chi connectivity index (χ2v) is 6.98. The Kier molecular flexibility index (Phi) is 7.06. The van der Waals surface area contributed by atoms with E-state index in [-0.39, 0.29) is 30.5 Å². The van der Waals surface area contributed by atoms with Gasteiger partial charge in [-0.05, 0) is 24.6 Å². The molecule has 0 aliphatic carbocycles. The molecule has 0 atom stereocenters. The fraction of sp³-hybridized carbons (Fsp3) is 0.450. The smallest absolute Gasteiger partial charge is 0.409 e. The number of esters is 1. The van der Waals surface area contributed by atoms with E-state index in [0.717, 1.165) is 4.90 Å². The monoisotopic (exact) mass is 432 g/mol. The minimum Gasteiger partial charge on any atom is -0.452 e. The van der Waals surface area contributed by atoms with Gasteiger partial charge in [-0.25, -0.2) is 14.4 Å². The Balaban J connectivity index is 1.44. The summed E-state index contributed by atoms with van der Waals surface area (Å²) in [5, 5.41) is 2.44. The highest BCUT2D eigenvalue weighted by Gasteiger charge is 2.28. The third kappa shape index (κ3) is 5.50. The molecule has 0 bridgehead atoms. The third-order valence-electron chi connectivity index (χ3n) is 4.95. The van der Waals surface area contributed by atoms with E-state index in [9.17, 15) is 24.0 Å². The Morgan fingerprint density at radius 1 is 0.968 bits per heavy atom. The van der Waals surface area contributed by atoms with Gasteiger partial charge in [0.25, 0.3) is 5.91 Å². The maximum atomic E-state index is 12.3. The first kappa shape index (κ1) is 22.1. The Morgan fingerprint density at radius 2 is 1.61 bits per heavy atom. The van der Waals surface area contributed by atoms with E-state index < -0.39 is 24.7 Å². The molecule has 5 amide bonds. The van der Waals surface area contributed by atoms with Gasteiger partial charge in [0.05, 0.1) is 25.3 Å². The summed E-state index contributed by atoms with van der Waals surface area (Å²) in [4.78, 5) is 63.6. The van der Waals surface area contributed by atoms with Crippen LogP contribution in [-0.2, 0) is 25.6 Å². The van der Waals surface area contributed by atoms with Crippen LogP contribution in [0.1, 0.15) is 22.8 Å². The summed E-state index contributed by atoms with van der Waals surface area (Å²) in [5.41, 5.74) is 0.929. The zero-order valence-corrected chi connectivity index (χ0v) is 17.2. The van der Waals surface area contributed by atoms with Gasteiger partial charge in [-0.2, -0.15) is 0 Å². The molecule has 0 spiro atoms. The third-order valence-corrected chi connectivity index (χ3v) is 4.95. The lowest BCUT2D eigenvalue weighted by molar-refractivity contribution is -0.136. The molecule has 31 heavy (non-hydrogen) atoms. The van der Waals surface area contributed by atoms with Crippen LogP contribution < -0.4 is 5.32 Å². The van der Waals surface area contributed by atoms with E-state index in [1.807, 2.05) is 0 Å². The Labute approximate surface area is 178 Å². The van der Waals surface area contributed by atoms with Crippen LogP contribution >= 0.6 is 0 Å². The van der Waals surface area contributed by atoms with Crippen molar-refractivity contribution in [2.45, 2.75) is 13.5 Å². The second-order valence-electron chi connectivity index (χ2n) is 6.98. The number of hydrogen-bond donors (Lipinski definition) is 1. The number of hydrogen-bond acceptors (Lipinski definition) is 7. The van der Waals surface area contributed by atoms with Gasteiger partial charge < -0.3 is 24.6 Å². The van der Waals surface area contributed by atoms with Crippen LogP contribution in [0, 0.1) is 0 Å². The van der Waals surface area contributed by atoms with E-state index in [0.29, 0.717) is 38.3 Å². The fourth-order valence-corrected chi connectivity index (χ4v) is 3.20. The van der Waals surface area contributed by atoms with Crippen molar-refractivity contribution < 1.29 is 33.4 Å².